The van der Waals surface area contributed by atoms with E-state index in [4.69, 9.17) is 16.3 Å². The van der Waals surface area contributed by atoms with Gasteiger partial charge < -0.3 is 35.7 Å². The fourth-order valence-electron chi connectivity index (χ4n) is 4.47. The van der Waals surface area contributed by atoms with E-state index < -0.39 is 60.6 Å². The Labute approximate surface area is 285 Å². The average molecular weight is 717 g/mol. The molecule has 1 fully saturated rings. The molecule has 6 N–H and O–H groups in total. The first-order valence-corrected chi connectivity index (χ1v) is 15.0. The molecule has 1 atom stereocenters. The predicted molar refractivity (Wildman–Crippen MR) is 171 cm³/mol. The lowest BCUT2D eigenvalue weighted by molar-refractivity contribution is -0.154. The van der Waals surface area contributed by atoms with Gasteiger partial charge >= 0.3 is 30.0 Å². The molecule has 50 heavy (non-hydrogen) atoms. The second-order valence-corrected chi connectivity index (χ2v) is 11.4. The third kappa shape index (κ3) is 9.34. The molecule has 2 heterocycles. The number of hydrogen-bond acceptors (Lipinski definition) is 11. The number of benzene rings is 2. The van der Waals surface area contributed by atoms with E-state index in [-0.39, 0.29) is 23.4 Å². The topological polar surface area (TPSA) is 214 Å². The summed E-state index contributed by atoms with van der Waals surface area (Å²) in [7, 11) is 1.58. The summed E-state index contributed by atoms with van der Waals surface area (Å²) in [6.45, 7) is -2.25. The number of hydrogen-bond donors (Lipinski definition) is 6. The van der Waals surface area contributed by atoms with Gasteiger partial charge in [0.1, 0.15) is 6.04 Å². The predicted octanol–water partition coefficient (Wildman–Crippen LogP) is 2.98. The Balaban J connectivity index is 1.23. The molecule has 0 aliphatic heterocycles. The number of aromatic nitrogens is 5. The molecule has 0 radical (unpaired) electrons. The summed E-state index contributed by atoms with van der Waals surface area (Å²) >= 11 is 6.00. The van der Waals surface area contributed by atoms with Gasteiger partial charge in [-0.25, -0.2) is 9.78 Å². The van der Waals surface area contributed by atoms with E-state index in [1.165, 1.54) is 41.2 Å². The highest BCUT2D eigenvalue weighted by molar-refractivity contribution is 6.39. The van der Waals surface area contributed by atoms with Gasteiger partial charge in [0, 0.05) is 42.3 Å². The zero-order chi connectivity index (χ0) is 36.1. The van der Waals surface area contributed by atoms with Crippen LogP contribution in [0.5, 0.6) is 6.01 Å². The largest absolute Gasteiger partial charge is 0.480 e. The Kier molecular flexibility index (Phi) is 10.3. The molecule has 16 nitrogen and oxygen atoms in total. The molecule has 1 saturated carbocycles. The van der Waals surface area contributed by atoms with Crippen molar-refractivity contribution in [2.45, 2.75) is 30.6 Å². The van der Waals surface area contributed by atoms with E-state index in [1.807, 2.05) is 12.1 Å². The summed E-state index contributed by atoms with van der Waals surface area (Å²) in [5, 5.41) is 22.7. The lowest BCUT2D eigenvalue weighted by Gasteiger charge is -2.19. The van der Waals surface area contributed by atoms with Crippen LogP contribution in [0.3, 0.4) is 0 Å². The van der Waals surface area contributed by atoms with Crippen LogP contribution in [0.4, 0.5) is 36.7 Å². The number of rotatable bonds is 13. The minimum absolute atomic E-state index is 0.0199. The molecule has 0 saturated heterocycles. The van der Waals surface area contributed by atoms with Gasteiger partial charge in [-0.3, -0.25) is 19.7 Å². The summed E-state index contributed by atoms with van der Waals surface area (Å²) < 4.78 is 44.9. The number of anilines is 4. The number of carbonyl (C=O) groups excluding carboxylic acids is 3. The molecule has 1 aliphatic rings. The fraction of sp³-hybridized carbons (Fsp3) is 0.267. The van der Waals surface area contributed by atoms with Crippen molar-refractivity contribution in [2.75, 3.05) is 29.1 Å². The fourth-order valence-corrected chi connectivity index (χ4v) is 4.59. The van der Waals surface area contributed by atoms with Crippen molar-refractivity contribution in [1.29, 1.82) is 0 Å². The number of carboxylic acid groups (broad SMARTS) is 1. The highest BCUT2D eigenvalue weighted by Crippen LogP contribution is 2.48. The normalized spacial score (nSPS) is 13.8. The van der Waals surface area contributed by atoms with Gasteiger partial charge in [0.05, 0.1) is 5.54 Å². The first-order valence-electron chi connectivity index (χ1n) is 14.7. The van der Waals surface area contributed by atoms with Gasteiger partial charge in [-0.15, -0.1) is 0 Å². The summed E-state index contributed by atoms with van der Waals surface area (Å²) in [5.41, 5.74) is 0.635. The van der Waals surface area contributed by atoms with E-state index in [0.29, 0.717) is 23.6 Å². The van der Waals surface area contributed by atoms with Gasteiger partial charge in [0.2, 0.25) is 17.8 Å². The molecule has 0 unspecified atom stereocenters. The number of carboxylic acids is 1. The zero-order valence-corrected chi connectivity index (χ0v) is 26.7. The van der Waals surface area contributed by atoms with Crippen molar-refractivity contribution < 1.29 is 42.2 Å². The number of amides is 3. The molecular weight excluding hydrogens is 689 g/mol. The maximum atomic E-state index is 12.9. The van der Waals surface area contributed by atoms with Crippen LogP contribution in [-0.2, 0) is 27.0 Å². The lowest BCUT2D eigenvalue weighted by Crippen LogP contribution is -2.50. The van der Waals surface area contributed by atoms with Crippen molar-refractivity contribution in [3.05, 3.63) is 77.1 Å². The van der Waals surface area contributed by atoms with Crippen LogP contribution in [0, 0.1) is 0 Å². The number of aryl methyl sites for hydroxylation is 1. The highest BCUT2D eigenvalue weighted by atomic mass is 35.5. The van der Waals surface area contributed by atoms with Crippen LogP contribution in [0.25, 0.3) is 0 Å². The van der Waals surface area contributed by atoms with E-state index in [0.717, 1.165) is 5.56 Å². The zero-order valence-electron chi connectivity index (χ0n) is 25.9. The van der Waals surface area contributed by atoms with Crippen LogP contribution >= 0.6 is 11.6 Å². The van der Waals surface area contributed by atoms with E-state index in [2.05, 4.69) is 46.5 Å². The third-order valence-corrected chi connectivity index (χ3v) is 7.46. The molecule has 20 heteroatoms. The molecule has 0 bridgehead atoms. The van der Waals surface area contributed by atoms with Crippen molar-refractivity contribution in [1.82, 2.24) is 35.1 Å². The third-order valence-electron chi connectivity index (χ3n) is 7.20. The van der Waals surface area contributed by atoms with Gasteiger partial charge in [-0.1, -0.05) is 23.7 Å². The van der Waals surface area contributed by atoms with Gasteiger partial charge in [0.25, 0.3) is 5.91 Å². The number of imidazole rings is 1. The molecule has 2 aromatic carbocycles. The number of ether oxygens (including phenoxy) is 1. The van der Waals surface area contributed by atoms with Crippen molar-refractivity contribution in [3.8, 4) is 6.01 Å². The van der Waals surface area contributed by atoms with Gasteiger partial charge in [-0.2, -0.15) is 28.1 Å². The highest BCUT2D eigenvalue weighted by Gasteiger charge is 2.45. The maximum Gasteiger partial charge on any atom is 0.422 e. The smallest absolute Gasteiger partial charge is 0.422 e. The van der Waals surface area contributed by atoms with Crippen molar-refractivity contribution in [3.63, 3.8) is 0 Å². The van der Waals surface area contributed by atoms with Crippen LogP contribution < -0.4 is 31.3 Å². The molecule has 4 aromatic rings. The Hall–Kier alpha value is -5.98. The Morgan fingerprint density at radius 2 is 1.68 bits per heavy atom. The first kappa shape index (κ1) is 35.3. The molecule has 0 spiro atoms. The van der Waals surface area contributed by atoms with E-state index in [1.54, 1.807) is 19.2 Å². The second kappa shape index (κ2) is 14.6. The Morgan fingerprint density at radius 1 is 1.00 bits per heavy atom. The number of nitrogens with one attached hydrogen (secondary N) is 5. The Morgan fingerprint density at radius 3 is 2.28 bits per heavy atom. The van der Waals surface area contributed by atoms with E-state index in [9.17, 15) is 37.5 Å². The van der Waals surface area contributed by atoms with Crippen LogP contribution in [0.1, 0.15) is 28.8 Å². The van der Waals surface area contributed by atoms with Crippen LogP contribution in [0.2, 0.25) is 5.02 Å². The lowest BCUT2D eigenvalue weighted by atomic mass is 10.1. The quantitative estimate of drug-likeness (QED) is 0.110. The molecule has 5 rings (SSSR count). The Bertz CT molecular complexity index is 1890. The molecule has 262 valence electrons. The van der Waals surface area contributed by atoms with Gasteiger partial charge in [0.15, 0.2) is 6.61 Å². The first-order chi connectivity index (χ1) is 23.7. The summed E-state index contributed by atoms with van der Waals surface area (Å²) in [6, 6.07) is 10.4. The number of aliphatic carboxylic acids is 1. The summed E-state index contributed by atoms with van der Waals surface area (Å²) in [6.07, 6.45) is -0.323. The monoisotopic (exact) mass is 716 g/mol. The molecule has 3 amide bonds. The van der Waals surface area contributed by atoms with Crippen molar-refractivity contribution >= 4 is 58.8 Å². The van der Waals surface area contributed by atoms with Crippen molar-refractivity contribution in [2.24, 2.45) is 7.05 Å². The van der Waals surface area contributed by atoms with Gasteiger partial charge in [-0.05, 0) is 54.8 Å². The minimum Gasteiger partial charge on any atom is -0.480 e. The molecule has 2 aromatic heterocycles. The minimum atomic E-state index is -4.65. The number of halogens is 4. The standard InChI is InChI=1S/C30H28ClF3N10O6/c1-44-13-12-35-27(44)39-23(47)22(46)36-14-20(24(48)49)38-21(45)16-2-8-19(9-3-16)37-25-40-26(42-28(41-25)50-15-30(32,33)34)43-29(10-11-29)17-4-6-18(31)7-5-17/h2-9,12-13,20H,10-11,14-15H2,1H3,(H,36,46)(H,38,45)(H,48,49)(H,35,39,47)(H2,37,40,41,42,43)/t20-/m0/s1. The maximum absolute atomic E-state index is 12.9. The van der Waals surface area contributed by atoms with Crippen LogP contribution in [0.15, 0.2) is 60.9 Å². The molecule has 1 aliphatic carbocycles. The number of alkyl halides is 3. The molecular formula is C30H28ClF3N10O6. The number of carbonyl (C=O) groups is 4. The van der Waals surface area contributed by atoms with Crippen LogP contribution in [-0.4, -0.2) is 78.7 Å². The summed E-state index contributed by atoms with van der Waals surface area (Å²) in [5.74, 6) is -4.66. The van der Waals surface area contributed by atoms with E-state index >= 15 is 0 Å². The summed E-state index contributed by atoms with van der Waals surface area (Å²) in [4.78, 5) is 64.9. The SMILES string of the molecule is Cn1ccnc1NC(=O)C(=O)NC[C@H](NC(=O)c1ccc(Nc2nc(NC3(c4ccc(Cl)cc4)CC3)nc(OCC(F)(F)F)n2)cc1)C(=O)O. The second-order valence-electron chi connectivity index (χ2n) is 11.0. The average Bonchev–Trinajstić information content (AvgIpc) is 3.73. The number of nitrogens with zero attached hydrogens (tertiary/aromatic N) is 5.